The fraction of sp³-hybridized carbons (Fsp3) is 0.125. The van der Waals surface area contributed by atoms with Gasteiger partial charge in [0.1, 0.15) is 5.82 Å². The smallest absolute Gasteiger partial charge is 0.123 e. The van der Waals surface area contributed by atoms with Gasteiger partial charge >= 0.3 is 0 Å². The lowest BCUT2D eigenvalue weighted by atomic mass is 10.00. The van der Waals surface area contributed by atoms with Gasteiger partial charge in [-0.05, 0) is 82.6 Å². The van der Waals surface area contributed by atoms with Crippen molar-refractivity contribution in [2.24, 2.45) is 0 Å². The van der Waals surface area contributed by atoms with Crippen molar-refractivity contribution in [2.75, 3.05) is 11.9 Å². The van der Waals surface area contributed by atoms with Crippen LogP contribution in [0.2, 0.25) is 0 Å². The van der Waals surface area contributed by atoms with Gasteiger partial charge in [-0.3, -0.25) is 0 Å². The minimum absolute atomic E-state index is 0.222. The number of benzene rings is 4. The van der Waals surface area contributed by atoms with Crippen LogP contribution < -0.4 is 4.90 Å². The van der Waals surface area contributed by atoms with Crippen LogP contribution in [0.25, 0.3) is 17.2 Å². The van der Waals surface area contributed by atoms with Gasteiger partial charge < -0.3 is 4.90 Å². The van der Waals surface area contributed by atoms with Crippen LogP contribution in [0.4, 0.5) is 10.1 Å². The zero-order valence-corrected chi connectivity index (χ0v) is 19.8. The second kappa shape index (κ2) is 10.8. The van der Waals surface area contributed by atoms with Gasteiger partial charge in [-0.2, -0.15) is 0 Å². The summed E-state index contributed by atoms with van der Waals surface area (Å²) in [7, 11) is 2.06. The van der Waals surface area contributed by atoms with Crippen molar-refractivity contribution >= 4 is 11.8 Å². The molecule has 4 aromatic rings. The molecular weight excluding hydrogens is 417 g/mol. The van der Waals surface area contributed by atoms with Gasteiger partial charge in [-0.15, -0.1) is 0 Å². The molecule has 0 aliphatic heterocycles. The van der Waals surface area contributed by atoms with E-state index in [4.69, 9.17) is 0 Å². The first-order valence-corrected chi connectivity index (χ1v) is 11.7. The number of anilines is 1. The fourth-order valence-corrected chi connectivity index (χ4v) is 4.08. The number of hydrogen-bond donors (Lipinski definition) is 0. The maximum Gasteiger partial charge on any atom is 0.123 e. The molecule has 34 heavy (non-hydrogen) atoms. The summed E-state index contributed by atoms with van der Waals surface area (Å²) in [6.07, 6.45) is 3.99. The van der Waals surface area contributed by atoms with Crippen LogP contribution >= 0.6 is 0 Å². The number of nitrogens with zero attached hydrogens (tertiary/aromatic N) is 1. The predicted molar refractivity (Wildman–Crippen MR) is 143 cm³/mol. The summed E-state index contributed by atoms with van der Waals surface area (Å²) >= 11 is 0. The van der Waals surface area contributed by atoms with Gasteiger partial charge in [-0.1, -0.05) is 86.3 Å². The van der Waals surface area contributed by atoms with E-state index in [1.165, 1.54) is 28.8 Å². The van der Waals surface area contributed by atoms with E-state index in [0.29, 0.717) is 0 Å². The molecule has 0 bridgehead atoms. The van der Waals surface area contributed by atoms with Crippen molar-refractivity contribution in [2.45, 2.75) is 19.8 Å². The molecule has 0 aliphatic rings. The highest BCUT2D eigenvalue weighted by Crippen LogP contribution is 2.27. The monoisotopic (exact) mass is 447 g/mol. The molecule has 4 aromatic carbocycles. The van der Waals surface area contributed by atoms with E-state index in [9.17, 15) is 4.39 Å². The Labute approximate surface area is 202 Å². The lowest BCUT2D eigenvalue weighted by Gasteiger charge is -2.24. The summed E-state index contributed by atoms with van der Waals surface area (Å²) in [5.74, 6) is -0.222. The molecule has 0 N–H and O–H groups in total. The van der Waals surface area contributed by atoms with E-state index in [-0.39, 0.29) is 5.82 Å². The number of hydrogen-bond acceptors (Lipinski definition) is 1. The highest BCUT2D eigenvalue weighted by atomic mass is 19.1. The average Bonchev–Trinajstić information content (AvgIpc) is 2.88. The summed E-state index contributed by atoms with van der Waals surface area (Å²) < 4.78 is 13.3. The Hall–Kier alpha value is -3.91. The van der Waals surface area contributed by atoms with Crippen LogP contribution in [0.3, 0.4) is 0 Å². The van der Waals surface area contributed by atoms with E-state index >= 15 is 0 Å². The molecule has 0 heterocycles. The number of allylic oxidation sites excluding steroid dienone is 1. The fourth-order valence-electron chi connectivity index (χ4n) is 4.08. The SMILES string of the molecule is C=C(/C(=C/c1cccc(-c2ccc(F)cc2)c1)CC)N(C)c1ccc(Cc2ccccc2)cc1. The van der Waals surface area contributed by atoms with Crippen molar-refractivity contribution in [1.82, 2.24) is 0 Å². The highest BCUT2D eigenvalue weighted by molar-refractivity contribution is 5.70. The minimum atomic E-state index is -0.222. The quantitative estimate of drug-likeness (QED) is 0.245. The molecule has 0 atom stereocenters. The molecule has 170 valence electrons. The first-order chi connectivity index (χ1) is 16.5. The zero-order chi connectivity index (χ0) is 23.9. The molecule has 0 aliphatic carbocycles. The molecule has 0 radical (unpaired) electrons. The van der Waals surface area contributed by atoms with Crippen LogP contribution in [0, 0.1) is 5.82 Å². The average molecular weight is 448 g/mol. The van der Waals surface area contributed by atoms with Gasteiger partial charge in [0.15, 0.2) is 0 Å². The molecule has 0 amide bonds. The first kappa shape index (κ1) is 23.3. The topological polar surface area (TPSA) is 3.24 Å². The van der Waals surface area contributed by atoms with Gasteiger partial charge in [0.25, 0.3) is 0 Å². The molecular formula is C32H30FN. The molecule has 2 heteroatoms. The van der Waals surface area contributed by atoms with E-state index in [0.717, 1.165) is 40.9 Å². The highest BCUT2D eigenvalue weighted by Gasteiger charge is 2.10. The van der Waals surface area contributed by atoms with Crippen LogP contribution in [-0.2, 0) is 6.42 Å². The maximum absolute atomic E-state index is 13.3. The summed E-state index contributed by atoms with van der Waals surface area (Å²) in [4.78, 5) is 2.14. The second-order valence-electron chi connectivity index (χ2n) is 8.49. The van der Waals surface area contributed by atoms with Crippen molar-refractivity contribution in [3.63, 3.8) is 0 Å². The third-order valence-electron chi connectivity index (χ3n) is 6.14. The Balaban J connectivity index is 1.50. The molecule has 0 aromatic heterocycles. The molecule has 0 saturated heterocycles. The lowest BCUT2D eigenvalue weighted by molar-refractivity contribution is 0.628. The Kier molecular flexibility index (Phi) is 7.39. The third kappa shape index (κ3) is 5.71. The molecule has 4 rings (SSSR count). The van der Waals surface area contributed by atoms with Gasteiger partial charge in [-0.25, -0.2) is 4.39 Å². The molecule has 0 spiro atoms. The van der Waals surface area contributed by atoms with Crippen LogP contribution in [-0.4, -0.2) is 7.05 Å². The lowest BCUT2D eigenvalue weighted by Crippen LogP contribution is -2.17. The Morgan fingerprint density at radius 3 is 2.15 bits per heavy atom. The van der Waals surface area contributed by atoms with Gasteiger partial charge in [0, 0.05) is 18.4 Å². The summed E-state index contributed by atoms with van der Waals surface area (Å²) in [5.41, 5.74) is 9.04. The number of rotatable bonds is 8. The third-order valence-corrected chi connectivity index (χ3v) is 6.14. The Morgan fingerprint density at radius 1 is 0.794 bits per heavy atom. The van der Waals surface area contributed by atoms with Crippen molar-refractivity contribution in [1.29, 1.82) is 0 Å². The Morgan fingerprint density at radius 2 is 1.47 bits per heavy atom. The van der Waals surface area contributed by atoms with Gasteiger partial charge in [0.05, 0.1) is 0 Å². The van der Waals surface area contributed by atoms with E-state index < -0.39 is 0 Å². The second-order valence-corrected chi connectivity index (χ2v) is 8.49. The standard InChI is InChI=1S/C32H30FN/c1-4-28(22-27-11-8-12-30(23-27)29-15-17-31(33)18-16-29)24(2)34(3)32-19-13-26(14-20-32)21-25-9-6-5-7-10-25/h5-20,22-23H,2,4,21H2,1,3H3/b28-22+. The molecule has 1 nitrogen and oxygen atoms in total. The van der Waals surface area contributed by atoms with E-state index in [1.807, 2.05) is 30.3 Å². The minimum Gasteiger partial charge on any atom is -0.345 e. The van der Waals surface area contributed by atoms with Crippen LogP contribution in [0.1, 0.15) is 30.0 Å². The molecule has 0 unspecified atom stereocenters. The normalized spacial score (nSPS) is 11.3. The first-order valence-electron chi connectivity index (χ1n) is 11.7. The zero-order valence-electron chi connectivity index (χ0n) is 19.8. The number of likely N-dealkylation sites (N-methyl/N-ethyl adjacent to an activating group) is 1. The largest absolute Gasteiger partial charge is 0.345 e. The maximum atomic E-state index is 13.3. The molecule has 0 fully saturated rings. The van der Waals surface area contributed by atoms with Crippen LogP contribution in [0.5, 0.6) is 0 Å². The van der Waals surface area contributed by atoms with Gasteiger partial charge in [0.2, 0.25) is 0 Å². The number of halogens is 1. The summed E-state index contributed by atoms with van der Waals surface area (Å²) in [6.45, 7) is 6.55. The van der Waals surface area contributed by atoms with Crippen molar-refractivity contribution in [3.8, 4) is 11.1 Å². The van der Waals surface area contributed by atoms with Crippen LogP contribution in [0.15, 0.2) is 121 Å². The predicted octanol–water partition coefficient (Wildman–Crippen LogP) is 8.53. The summed E-state index contributed by atoms with van der Waals surface area (Å²) in [5, 5.41) is 0. The Bertz CT molecular complexity index is 1270. The van der Waals surface area contributed by atoms with Crippen molar-refractivity contribution in [3.05, 3.63) is 143 Å². The summed E-state index contributed by atoms with van der Waals surface area (Å²) in [6, 6.07) is 34.1. The van der Waals surface area contributed by atoms with E-state index in [1.54, 1.807) is 0 Å². The van der Waals surface area contributed by atoms with E-state index in [2.05, 4.69) is 92.2 Å². The van der Waals surface area contributed by atoms with Crippen molar-refractivity contribution < 1.29 is 4.39 Å². The molecule has 0 saturated carbocycles.